The molecule has 2 aliphatic heterocycles. The zero-order chi connectivity index (χ0) is 13.2. The van der Waals surface area contributed by atoms with Crippen LogP contribution in [0, 0.1) is 16.7 Å². The van der Waals surface area contributed by atoms with E-state index in [1.165, 1.54) is 12.7 Å². The third-order valence-electron chi connectivity index (χ3n) is 4.77. The lowest BCUT2D eigenvalue weighted by Crippen LogP contribution is -2.42. The Labute approximate surface area is 111 Å². The Hall–Kier alpha value is -0.410. The average molecular weight is 253 g/mol. The lowest BCUT2D eigenvalue weighted by atomic mass is 9.80. The van der Waals surface area contributed by atoms with Crippen molar-refractivity contribution in [1.29, 1.82) is 0 Å². The standard InChI is InChI=1S/C15H27NO2/c1-14(2,3)13-4-7-16(10-13)11-15(12-17)5-8-18-9-6-15/h12-13H,4-11H2,1-3H3. The normalized spacial score (nSPS) is 29.4. The number of nitrogens with zero attached hydrogens (tertiary/aromatic N) is 1. The monoisotopic (exact) mass is 253 g/mol. The summed E-state index contributed by atoms with van der Waals surface area (Å²) in [5.74, 6) is 0.765. The van der Waals surface area contributed by atoms with Crippen LogP contribution in [0.4, 0.5) is 0 Å². The molecule has 2 rings (SSSR count). The molecule has 0 aromatic heterocycles. The van der Waals surface area contributed by atoms with Crippen LogP contribution >= 0.6 is 0 Å². The molecule has 0 N–H and O–H groups in total. The van der Waals surface area contributed by atoms with Crippen LogP contribution in [-0.2, 0) is 9.53 Å². The molecule has 0 bridgehead atoms. The average Bonchev–Trinajstić information content (AvgIpc) is 2.78. The Kier molecular flexibility index (Phi) is 4.12. The molecule has 3 heteroatoms. The highest BCUT2D eigenvalue weighted by Crippen LogP contribution is 2.36. The maximum Gasteiger partial charge on any atom is 0.127 e. The van der Waals surface area contributed by atoms with Gasteiger partial charge in [-0.2, -0.15) is 0 Å². The fourth-order valence-corrected chi connectivity index (χ4v) is 3.22. The molecule has 3 nitrogen and oxygen atoms in total. The summed E-state index contributed by atoms with van der Waals surface area (Å²) in [5, 5.41) is 0. The number of ether oxygens (including phenoxy) is 1. The van der Waals surface area contributed by atoms with Crippen molar-refractivity contribution in [2.24, 2.45) is 16.7 Å². The third-order valence-corrected chi connectivity index (χ3v) is 4.77. The van der Waals surface area contributed by atoms with E-state index in [0.717, 1.165) is 51.6 Å². The first kappa shape index (κ1) is 14.0. The molecular formula is C15H27NO2. The van der Waals surface area contributed by atoms with Gasteiger partial charge in [-0.1, -0.05) is 20.8 Å². The summed E-state index contributed by atoms with van der Waals surface area (Å²) >= 11 is 0. The van der Waals surface area contributed by atoms with E-state index < -0.39 is 0 Å². The Morgan fingerprint density at radius 3 is 2.50 bits per heavy atom. The van der Waals surface area contributed by atoms with Crippen LogP contribution in [-0.4, -0.2) is 44.0 Å². The van der Waals surface area contributed by atoms with E-state index in [2.05, 4.69) is 25.7 Å². The third kappa shape index (κ3) is 3.12. The smallest absolute Gasteiger partial charge is 0.127 e. The van der Waals surface area contributed by atoms with Crippen LogP contribution in [0.25, 0.3) is 0 Å². The van der Waals surface area contributed by atoms with Crippen LogP contribution in [0.5, 0.6) is 0 Å². The van der Waals surface area contributed by atoms with Gasteiger partial charge in [0.1, 0.15) is 6.29 Å². The SMILES string of the molecule is CC(C)(C)C1CCN(CC2(C=O)CCOCC2)C1. The van der Waals surface area contributed by atoms with Crippen LogP contribution < -0.4 is 0 Å². The van der Waals surface area contributed by atoms with E-state index >= 15 is 0 Å². The van der Waals surface area contributed by atoms with Gasteiger partial charge in [-0.15, -0.1) is 0 Å². The predicted octanol–water partition coefficient (Wildman–Crippen LogP) is 2.35. The van der Waals surface area contributed by atoms with Crippen molar-refractivity contribution < 1.29 is 9.53 Å². The van der Waals surface area contributed by atoms with Crippen LogP contribution in [0.3, 0.4) is 0 Å². The summed E-state index contributed by atoms with van der Waals surface area (Å²) in [6.45, 7) is 11.7. The molecule has 2 fully saturated rings. The van der Waals surface area contributed by atoms with Gasteiger partial charge in [0.2, 0.25) is 0 Å². The second-order valence-corrected chi connectivity index (χ2v) is 7.18. The second-order valence-electron chi connectivity index (χ2n) is 7.18. The highest BCUT2D eigenvalue weighted by Gasteiger charge is 2.38. The quantitative estimate of drug-likeness (QED) is 0.723. The molecule has 18 heavy (non-hydrogen) atoms. The molecule has 0 aromatic rings. The predicted molar refractivity (Wildman–Crippen MR) is 72.6 cm³/mol. The van der Waals surface area contributed by atoms with E-state index in [4.69, 9.17) is 4.74 Å². The highest BCUT2D eigenvalue weighted by atomic mass is 16.5. The molecule has 0 amide bonds. The van der Waals surface area contributed by atoms with Crippen LogP contribution in [0.1, 0.15) is 40.0 Å². The molecule has 104 valence electrons. The first-order valence-electron chi connectivity index (χ1n) is 7.22. The minimum Gasteiger partial charge on any atom is -0.381 e. The van der Waals surface area contributed by atoms with Crippen molar-refractivity contribution in [3.8, 4) is 0 Å². The van der Waals surface area contributed by atoms with Gasteiger partial charge in [0.05, 0.1) is 0 Å². The van der Waals surface area contributed by atoms with Gasteiger partial charge in [0, 0.05) is 31.7 Å². The van der Waals surface area contributed by atoms with Gasteiger partial charge >= 0.3 is 0 Å². The number of rotatable bonds is 3. The van der Waals surface area contributed by atoms with Crippen molar-refractivity contribution in [2.45, 2.75) is 40.0 Å². The molecule has 0 saturated carbocycles. The molecule has 0 spiro atoms. The van der Waals surface area contributed by atoms with E-state index in [1.807, 2.05) is 0 Å². The Balaban J connectivity index is 1.92. The number of aldehydes is 1. The number of hydrogen-bond acceptors (Lipinski definition) is 3. The number of likely N-dealkylation sites (tertiary alicyclic amines) is 1. The summed E-state index contributed by atoms with van der Waals surface area (Å²) in [6.07, 6.45) is 4.26. The summed E-state index contributed by atoms with van der Waals surface area (Å²) in [6, 6.07) is 0. The van der Waals surface area contributed by atoms with Crippen LogP contribution in [0.2, 0.25) is 0 Å². The first-order valence-corrected chi connectivity index (χ1v) is 7.22. The minimum absolute atomic E-state index is 0.134. The first-order chi connectivity index (χ1) is 8.45. The zero-order valence-electron chi connectivity index (χ0n) is 12.1. The fourth-order valence-electron chi connectivity index (χ4n) is 3.22. The lowest BCUT2D eigenvalue weighted by molar-refractivity contribution is -0.122. The van der Waals surface area contributed by atoms with Gasteiger partial charge < -0.3 is 14.4 Å². The topological polar surface area (TPSA) is 29.5 Å². The van der Waals surface area contributed by atoms with Crippen molar-refractivity contribution >= 4 is 6.29 Å². The van der Waals surface area contributed by atoms with Gasteiger partial charge in [0.15, 0.2) is 0 Å². The summed E-state index contributed by atoms with van der Waals surface area (Å²) < 4.78 is 5.39. The Morgan fingerprint density at radius 1 is 1.33 bits per heavy atom. The van der Waals surface area contributed by atoms with Crippen molar-refractivity contribution in [2.75, 3.05) is 32.8 Å². The molecule has 0 aromatic carbocycles. The van der Waals surface area contributed by atoms with E-state index in [1.54, 1.807) is 0 Å². The zero-order valence-corrected chi connectivity index (χ0v) is 12.1. The highest BCUT2D eigenvalue weighted by molar-refractivity contribution is 5.60. The molecule has 0 radical (unpaired) electrons. The van der Waals surface area contributed by atoms with Crippen molar-refractivity contribution in [3.63, 3.8) is 0 Å². The largest absolute Gasteiger partial charge is 0.381 e. The maximum absolute atomic E-state index is 11.5. The van der Waals surface area contributed by atoms with Crippen molar-refractivity contribution in [3.05, 3.63) is 0 Å². The van der Waals surface area contributed by atoms with E-state index in [0.29, 0.717) is 5.41 Å². The van der Waals surface area contributed by atoms with Gasteiger partial charge in [-0.3, -0.25) is 0 Å². The fraction of sp³-hybridized carbons (Fsp3) is 0.933. The molecule has 2 heterocycles. The van der Waals surface area contributed by atoms with E-state index in [-0.39, 0.29) is 5.41 Å². The Morgan fingerprint density at radius 2 is 2.00 bits per heavy atom. The number of carbonyl (C=O) groups is 1. The lowest BCUT2D eigenvalue weighted by Gasteiger charge is -2.36. The summed E-state index contributed by atoms with van der Waals surface area (Å²) in [7, 11) is 0. The molecular weight excluding hydrogens is 226 g/mol. The van der Waals surface area contributed by atoms with Crippen molar-refractivity contribution in [1.82, 2.24) is 4.90 Å². The van der Waals surface area contributed by atoms with Gasteiger partial charge in [-0.05, 0) is 37.1 Å². The second kappa shape index (κ2) is 5.30. The van der Waals surface area contributed by atoms with Crippen LogP contribution in [0.15, 0.2) is 0 Å². The summed E-state index contributed by atoms with van der Waals surface area (Å²) in [5.41, 5.74) is 0.254. The molecule has 1 atom stereocenters. The maximum atomic E-state index is 11.5. The summed E-state index contributed by atoms with van der Waals surface area (Å²) in [4.78, 5) is 14.0. The number of hydrogen-bond donors (Lipinski definition) is 0. The van der Waals surface area contributed by atoms with Gasteiger partial charge in [-0.25, -0.2) is 0 Å². The molecule has 1 unspecified atom stereocenters. The van der Waals surface area contributed by atoms with E-state index in [9.17, 15) is 4.79 Å². The molecule has 0 aliphatic carbocycles. The van der Waals surface area contributed by atoms with Gasteiger partial charge in [0.25, 0.3) is 0 Å². The molecule has 2 aliphatic rings. The Bertz CT molecular complexity index is 289. The minimum atomic E-state index is -0.134. The number of carbonyl (C=O) groups excluding carboxylic acids is 1. The molecule has 2 saturated heterocycles.